The standard InChI is InChI=1S/C11H7BrN.C6H5NO2.Pt/c12-10-5-3-4-9(8-10)11-6-1-2-7-13-11;8-6(9)5-3-1-2-4-7-5;/h1-3,5-8H;1-4H,(H,8,9);/q-1;;. The molecule has 1 N–H and O–H groups in total. The molecule has 0 saturated carbocycles. The van der Waals surface area contributed by atoms with E-state index >= 15 is 0 Å². The number of rotatable bonds is 2. The van der Waals surface area contributed by atoms with Crippen molar-refractivity contribution in [3.05, 3.63) is 83.2 Å². The van der Waals surface area contributed by atoms with E-state index in [1.165, 1.54) is 12.3 Å². The SMILES string of the molecule is Brc1cc[c-]c(-c2ccccn2)c1.O=C(O)c1ccccn1.[Pt]. The Labute approximate surface area is 157 Å². The van der Waals surface area contributed by atoms with Crippen LogP contribution in [0.1, 0.15) is 10.5 Å². The van der Waals surface area contributed by atoms with Crippen LogP contribution in [-0.4, -0.2) is 21.0 Å². The summed E-state index contributed by atoms with van der Waals surface area (Å²) >= 11 is 3.41. The molecule has 6 heteroatoms. The maximum absolute atomic E-state index is 10.1. The molecule has 0 bridgehead atoms. The van der Waals surface area contributed by atoms with Crippen molar-refractivity contribution in [2.75, 3.05) is 0 Å². The molecule has 0 saturated heterocycles. The van der Waals surface area contributed by atoms with E-state index in [-0.39, 0.29) is 26.8 Å². The van der Waals surface area contributed by atoms with Crippen molar-refractivity contribution in [3.63, 3.8) is 0 Å². The number of hydrogen-bond acceptors (Lipinski definition) is 3. The number of carbonyl (C=O) groups is 1. The summed E-state index contributed by atoms with van der Waals surface area (Å²) in [6, 6.07) is 19.6. The number of pyridine rings is 2. The summed E-state index contributed by atoms with van der Waals surface area (Å²) in [5, 5.41) is 8.32. The summed E-state index contributed by atoms with van der Waals surface area (Å²) < 4.78 is 1.05. The molecule has 0 unspecified atom stereocenters. The molecule has 0 aliphatic carbocycles. The van der Waals surface area contributed by atoms with Gasteiger partial charge in [0.1, 0.15) is 5.69 Å². The maximum atomic E-state index is 10.1. The monoisotopic (exact) mass is 550 g/mol. The quantitative estimate of drug-likeness (QED) is 0.488. The Kier molecular flexibility index (Phi) is 8.38. The first kappa shape index (κ1) is 19.2. The molecule has 0 atom stereocenters. The summed E-state index contributed by atoms with van der Waals surface area (Å²) in [6.07, 6.45) is 3.23. The average Bonchev–Trinajstić information content (AvgIpc) is 2.57. The fourth-order valence-electron chi connectivity index (χ4n) is 1.60. The molecule has 2 heterocycles. The van der Waals surface area contributed by atoms with E-state index in [1.54, 1.807) is 18.3 Å². The topological polar surface area (TPSA) is 63.1 Å². The van der Waals surface area contributed by atoms with Crippen LogP contribution in [0.3, 0.4) is 0 Å². The molecule has 0 radical (unpaired) electrons. The minimum Gasteiger partial charge on any atom is -0.477 e. The fourth-order valence-corrected chi connectivity index (χ4v) is 1.96. The Bertz CT molecular complexity index is 740. The van der Waals surface area contributed by atoms with Crippen molar-refractivity contribution in [2.24, 2.45) is 0 Å². The third-order valence-electron chi connectivity index (χ3n) is 2.59. The van der Waals surface area contributed by atoms with Crippen molar-refractivity contribution < 1.29 is 31.0 Å². The maximum Gasteiger partial charge on any atom is 0.354 e. The largest absolute Gasteiger partial charge is 0.477 e. The smallest absolute Gasteiger partial charge is 0.354 e. The molecule has 0 amide bonds. The Morgan fingerprint density at radius 2 is 1.74 bits per heavy atom. The summed E-state index contributed by atoms with van der Waals surface area (Å²) in [5.74, 6) is -0.990. The Balaban J connectivity index is 0.000000235. The minimum atomic E-state index is -0.990. The van der Waals surface area contributed by atoms with Crippen LogP contribution in [-0.2, 0) is 21.1 Å². The van der Waals surface area contributed by atoms with Gasteiger partial charge in [0, 0.05) is 33.5 Å². The predicted octanol–water partition coefficient (Wildman–Crippen LogP) is 4.09. The molecule has 0 aliphatic heterocycles. The molecular weight excluding hydrogens is 539 g/mol. The summed E-state index contributed by atoms with van der Waals surface area (Å²) in [6.45, 7) is 0. The third-order valence-corrected chi connectivity index (χ3v) is 3.08. The number of hydrogen-bond donors (Lipinski definition) is 1. The zero-order chi connectivity index (χ0) is 15.8. The van der Waals surface area contributed by atoms with Crippen molar-refractivity contribution >= 4 is 21.9 Å². The van der Waals surface area contributed by atoms with Crippen LogP contribution in [0.15, 0.2) is 71.5 Å². The van der Waals surface area contributed by atoms with Crippen LogP contribution in [0.25, 0.3) is 11.3 Å². The van der Waals surface area contributed by atoms with Gasteiger partial charge in [-0.05, 0) is 23.9 Å². The molecule has 1 aromatic carbocycles. The predicted molar refractivity (Wildman–Crippen MR) is 87.4 cm³/mol. The number of carboxylic acids is 1. The fraction of sp³-hybridized carbons (Fsp3) is 0. The van der Waals surface area contributed by atoms with E-state index < -0.39 is 5.97 Å². The second-order valence-electron chi connectivity index (χ2n) is 4.16. The van der Waals surface area contributed by atoms with Crippen molar-refractivity contribution in [1.82, 2.24) is 9.97 Å². The van der Waals surface area contributed by atoms with Crippen LogP contribution >= 0.6 is 15.9 Å². The first-order chi connectivity index (χ1) is 10.7. The molecule has 120 valence electrons. The third kappa shape index (κ3) is 6.43. The Hall–Kier alpha value is -1.84. The van der Waals surface area contributed by atoms with Gasteiger partial charge in [-0.3, -0.25) is 0 Å². The molecule has 0 aliphatic rings. The summed E-state index contributed by atoms with van der Waals surface area (Å²) in [5.41, 5.74) is 2.04. The van der Waals surface area contributed by atoms with E-state index in [2.05, 4.69) is 32.0 Å². The number of benzene rings is 1. The van der Waals surface area contributed by atoms with E-state index in [4.69, 9.17) is 5.11 Å². The summed E-state index contributed by atoms with van der Waals surface area (Å²) in [4.78, 5) is 18.0. The van der Waals surface area contributed by atoms with E-state index in [0.717, 1.165) is 15.7 Å². The van der Waals surface area contributed by atoms with Gasteiger partial charge < -0.3 is 10.1 Å². The van der Waals surface area contributed by atoms with Gasteiger partial charge in [0.25, 0.3) is 0 Å². The van der Waals surface area contributed by atoms with E-state index in [0.29, 0.717) is 0 Å². The van der Waals surface area contributed by atoms with Gasteiger partial charge in [-0.25, -0.2) is 9.78 Å². The first-order valence-corrected chi connectivity index (χ1v) is 7.19. The van der Waals surface area contributed by atoms with Crippen LogP contribution in [0.5, 0.6) is 0 Å². The zero-order valence-electron chi connectivity index (χ0n) is 11.8. The Morgan fingerprint density at radius 1 is 1.04 bits per heavy atom. The van der Waals surface area contributed by atoms with Crippen LogP contribution in [0.2, 0.25) is 0 Å². The van der Waals surface area contributed by atoms with E-state index in [9.17, 15) is 4.79 Å². The average molecular weight is 551 g/mol. The summed E-state index contributed by atoms with van der Waals surface area (Å²) in [7, 11) is 0. The van der Waals surface area contributed by atoms with Gasteiger partial charge in [-0.15, -0.1) is 29.8 Å². The van der Waals surface area contributed by atoms with Crippen LogP contribution in [0.4, 0.5) is 0 Å². The van der Waals surface area contributed by atoms with Gasteiger partial charge in [-0.2, -0.15) is 0 Å². The molecular formula is C17H12BrN2O2Pt-. The molecule has 2 aromatic heterocycles. The molecule has 0 spiro atoms. The van der Waals surface area contributed by atoms with Gasteiger partial charge in [0.2, 0.25) is 0 Å². The molecule has 4 nitrogen and oxygen atoms in total. The number of carboxylic acid groups (broad SMARTS) is 1. The second kappa shape index (κ2) is 10.0. The number of aromatic carboxylic acids is 1. The number of nitrogens with zero attached hydrogens (tertiary/aromatic N) is 2. The minimum absolute atomic E-state index is 0. The molecule has 3 aromatic rings. The zero-order valence-corrected chi connectivity index (χ0v) is 15.7. The second-order valence-corrected chi connectivity index (χ2v) is 5.07. The normalized spacial score (nSPS) is 9.09. The van der Waals surface area contributed by atoms with Crippen molar-refractivity contribution in [3.8, 4) is 11.3 Å². The first-order valence-electron chi connectivity index (χ1n) is 6.40. The number of aromatic nitrogens is 2. The molecule has 23 heavy (non-hydrogen) atoms. The van der Waals surface area contributed by atoms with Crippen LogP contribution < -0.4 is 0 Å². The van der Waals surface area contributed by atoms with Crippen molar-refractivity contribution in [1.29, 1.82) is 0 Å². The van der Waals surface area contributed by atoms with E-state index in [1.807, 2.05) is 36.4 Å². The molecule has 0 fully saturated rings. The van der Waals surface area contributed by atoms with Gasteiger partial charge in [0.15, 0.2) is 0 Å². The number of halogens is 1. The Morgan fingerprint density at radius 3 is 2.22 bits per heavy atom. The van der Waals surface area contributed by atoms with Gasteiger partial charge in [-0.1, -0.05) is 38.6 Å². The molecule has 3 rings (SSSR count). The van der Waals surface area contributed by atoms with Gasteiger partial charge in [0.05, 0.1) is 0 Å². The van der Waals surface area contributed by atoms with Gasteiger partial charge >= 0.3 is 5.97 Å². The van der Waals surface area contributed by atoms with Crippen molar-refractivity contribution in [2.45, 2.75) is 0 Å². The van der Waals surface area contributed by atoms with Crippen LogP contribution in [0, 0.1) is 6.07 Å².